The van der Waals surface area contributed by atoms with Crippen molar-refractivity contribution in [3.05, 3.63) is 57.3 Å². The summed E-state index contributed by atoms with van der Waals surface area (Å²) in [5, 5.41) is 12.4. The average molecular weight is 324 g/mol. The van der Waals surface area contributed by atoms with Crippen molar-refractivity contribution in [3.8, 4) is 5.75 Å². The van der Waals surface area contributed by atoms with Crippen LogP contribution in [-0.4, -0.2) is 5.11 Å². The third kappa shape index (κ3) is 3.26. The topological polar surface area (TPSA) is 32.3 Å². The van der Waals surface area contributed by atoms with Crippen molar-refractivity contribution >= 4 is 21.6 Å². The number of phenolic OH excluding ortho intramolecular Hbond substituents is 1. The summed E-state index contributed by atoms with van der Waals surface area (Å²) in [6, 6.07) is 8.52. The Morgan fingerprint density at radius 1 is 1.21 bits per heavy atom. The van der Waals surface area contributed by atoms with Gasteiger partial charge in [-0.1, -0.05) is 12.1 Å². The quantitative estimate of drug-likeness (QED) is 0.870. The standard InChI is InChI=1S/C15H15BrFNO/c1-9-5-10(2)15(12(16)6-9)18-8-11-3-4-14(19)13(17)7-11/h3-7,18-19H,8H2,1-2H3. The molecule has 100 valence electrons. The van der Waals surface area contributed by atoms with E-state index in [-0.39, 0.29) is 5.75 Å². The normalized spacial score (nSPS) is 10.5. The molecule has 19 heavy (non-hydrogen) atoms. The van der Waals surface area contributed by atoms with Crippen LogP contribution in [0.1, 0.15) is 16.7 Å². The van der Waals surface area contributed by atoms with Crippen molar-refractivity contribution in [2.45, 2.75) is 20.4 Å². The van der Waals surface area contributed by atoms with Crippen LogP contribution in [-0.2, 0) is 6.54 Å². The van der Waals surface area contributed by atoms with Gasteiger partial charge in [-0.2, -0.15) is 0 Å². The molecule has 0 fully saturated rings. The SMILES string of the molecule is Cc1cc(C)c(NCc2ccc(O)c(F)c2)c(Br)c1. The average Bonchev–Trinajstić information content (AvgIpc) is 2.32. The molecule has 0 radical (unpaired) electrons. The molecule has 2 nitrogen and oxygen atoms in total. The maximum absolute atomic E-state index is 13.2. The molecule has 0 atom stereocenters. The zero-order valence-corrected chi connectivity index (χ0v) is 12.4. The molecular formula is C15H15BrFNO. The van der Waals surface area contributed by atoms with Crippen LogP contribution in [0.3, 0.4) is 0 Å². The summed E-state index contributed by atoms with van der Waals surface area (Å²) in [4.78, 5) is 0. The predicted molar refractivity (Wildman–Crippen MR) is 79.0 cm³/mol. The fraction of sp³-hybridized carbons (Fsp3) is 0.200. The van der Waals surface area contributed by atoms with Crippen LogP contribution < -0.4 is 5.32 Å². The summed E-state index contributed by atoms with van der Waals surface area (Å²) >= 11 is 3.52. The van der Waals surface area contributed by atoms with E-state index in [0.717, 1.165) is 21.3 Å². The van der Waals surface area contributed by atoms with Gasteiger partial charge < -0.3 is 10.4 Å². The van der Waals surface area contributed by atoms with Gasteiger partial charge in [0.25, 0.3) is 0 Å². The van der Waals surface area contributed by atoms with E-state index in [1.54, 1.807) is 6.07 Å². The van der Waals surface area contributed by atoms with Crippen LogP contribution in [0.2, 0.25) is 0 Å². The highest BCUT2D eigenvalue weighted by molar-refractivity contribution is 9.10. The number of hydrogen-bond acceptors (Lipinski definition) is 2. The van der Waals surface area contributed by atoms with Gasteiger partial charge in [-0.25, -0.2) is 4.39 Å². The minimum absolute atomic E-state index is 0.323. The molecule has 2 aromatic rings. The fourth-order valence-electron chi connectivity index (χ4n) is 1.99. The molecular weight excluding hydrogens is 309 g/mol. The highest BCUT2D eigenvalue weighted by Crippen LogP contribution is 2.28. The number of nitrogens with one attached hydrogen (secondary N) is 1. The van der Waals surface area contributed by atoms with Crippen molar-refractivity contribution in [2.24, 2.45) is 0 Å². The largest absolute Gasteiger partial charge is 0.505 e. The van der Waals surface area contributed by atoms with E-state index in [1.165, 1.54) is 17.7 Å². The van der Waals surface area contributed by atoms with Crippen molar-refractivity contribution in [1.29, 1.82) is 0 Å². The molecule has 2 rings (SSSR count). The molecule has 0 aliphatic heterocycles. The third-order valence-electron chi connectivity index (χ3n) is 2.91. The lowest BCUT2D eigenvalue weighted by atomic mass is 10.1. The first-order chi connectivity index (χ1) is 8.97. The van der Waals surface area contributed by atoms with E-state index >= 15 is 0 Å². The van der Waals surface area contributed by atoms with Crippen molar-refractivity contribution in [2.75, 3.05) is 5.32 Å². The van der Waals surface area contributed by atoms with Gasteiger partial charge in [-0.05, 0) is 64.7 Å². The summed E-state index contributed by atoms with van der Waals surface area (Å²) in [5.41, 5.74) is 4.10. The minimum Gasteiger partial charge on any atom is -0.505 e. The van der Waals surface area contributed by atoms with Crippen LogP contribution in [0.5, 0.6) is 5.75 Å². The van der Waals surface area contributed by atoms with Gasteiger partial charge in [0.2, 0.25) is 0 Å². The number of benzene rings is 2. The maximum Gasteiger partial charge on any atom is 0.165 e. The van der Waals surface area contributed by atoms with Gasteiger partial charge in [0, 0.05) is 11.0 Å². The van der Waals surface area contributed by atoms with Crippen molar-refractivity contribution < 1.29 is 9.50 Å². The first-order valence-corrected chi connectivity index (χ1v) is 6.74. The highest BCUT2D eigenvalue weighted by atomic mass is 79.9. The number of halogens is 2. The fourth-order valence-corrected chi connectivity index (χ4v) is 2.80. The molecule has 4 heteroatoms. The molecule has 0 aliphatic rings. The van der Waals surface area contributed by atoms with Gasteiger partial charge in [0.1, 0.15) is 0 Å². The predicted octanol–water partition coefficient (Wildman–Crippen LogP) is 4.52. The maximum atomic E-state index is 13.2. The summed E-state index contributed by atoms with van der Waals surface area (Å²) in [6.07, 6.45) is 0. The number of rotatable bonds is 3. The van der Waals surface area contributed by atoms with E-state index in [4.69, 9.17) is 5.11 Å². The molecule has 0 aliphatic carbocycles. The summed E-state index contributed by atoms with van der Waals surface area (Å²) in [5.74, 6) is -0.921. The number of phenols is 1. The number of aryl methyl sites for hydroxylation is 2. The second kappa shape index (κ2) is 5.61. The lowest BCUT2D eigenvalue weighted by Gasteiger charge is -2.13. The van der Waals surface area contributed by atoms with E-state index < -0.39 is 5.82 Å². The Bertz CT molecular complexity index is 590. The molecule has 2 N–H and O–H groups in total. The lowest BCUT2D eigenvalue weighted by molar-refractivity contribution is 0.432. The molecule has 0 heterocycles. The summed E-state index contributed by atoms with van der Waals surface area (Å²) in [7, 11) is 0. The van der Waals surface area contributed by atoms with Gasteiger partial charge in [-0.3, -0.25) is 0 Å². The van der Waals surface area contributed by atoms with Crippen LogP contribution in [0.4, 0.5) is 10.1 Å². The number of aromatic hydroxyl groups is 1. The molecule has 0 bridgehead atoms. The second-order valence-corrected chi connectivity index (χ2v) is 5.43. The molecule has 0 unspecified atom stereocenters. The van der Waals surface area contributed by atoms with Gasteiger partial charge in [0.15, 0.2) is 11.6 Å². The Morgan fingerprint density at radius 3 is 2.58 bits per heavy atom. The Labute approximate surface area is 120 Å². The van der Waals surface area contributed by atoms with Crippen LogP contribution >= 0.6 is 15.9 Å². The summed E-state index contributed by atoms with van der Waals surface area (Å²) < 4.78 is 14.2. The Morgan fingerprint density at radius 2 is 1.95 bits per heavy atom. The van der Waals surface area contributed by atoms with E-state index in [2.05, 4.69) is 27.3 Å². The molecule has 2 aromatic carbocycles. The first kappa shape index (κ1) is 13.9. The smallest absolute Gasteiger partial charge is 0.165 e. The monoisotopic (exact) mass is 323 g/mol. The Balaban J connectivity index is 2.16. The zero-order valence-electron chi connectivity index (χ0n) is 10.8. The molecule has 0 spiro atoms. The van der Waals surface area contributed by atoms with E-state index in [1.807, 2.05) is 19.9 Å². The molecule has 0 amide bonds. The van der Waals surface area contributed by atoms with Gasteiger partial charge in [-0.15, -0.1) is 0 Å². The summed E-state index contributed by atoms with van der Waals surface area (Å²) in [6.45, 7) is 4.56. The number of anilines is 1. The molecule has 0 saturated carbocycles. The van der Waals surface area contributed by atoms with Crippen molar-refractivity contribution in [3.63, 3.8) is 0 Å². The van der Waals surface area contributed by atoms with Gasteiger partial charge >= 0.3 is 0 Å². The van der Waals surface area contributed by atoms with Crippen LogP contribution in [0, 0.1) is 19.7 Å². The van der Waals surface area contributed by atoms with Crippen LogP contribution in [0.15, 0.2) is 34.8 Å². The molecule has 0 saturated heterocycles. The Hall–Kier alpha value is -1.55. The van der Waals surface area contributed by atoms with E-state index in [9.17, 15) is 4.39 Å². The van der Waals surface area contributed by atoms with E-state index in [0.29, 0.717) is 6.54 Å². The zero-order chi connectivity index (χ0) is 14.0. The van der Waals surface area contributed by atoms with Crippen LogP contribution in [0.25, 0.3) is 0 Å². The van der Waals surface area contributed by atoms with Gasteiger partial charge in [0.05, 0.1) is 5.69 Å². The molecule has 0 aromatic heterocycles. The second-order valence-electron chi connectivity index (χ2n) is 4.58. The number of hydrogen-bond donors (Lipinski definition) is 2. The van der Waals surface area contributed by atoms with Crippen molar-refractivity contribution in [1.82, 2.24) is 0 Å². The first-order valence-electron chi connectivity index (χ1n) is 5.95. The third-order valence-corrected chi connectivity index (χ3v) is 3.54. The highest BCUT2D eigenvalue weighted by Gasteiger charge is 2.06. The lowest BCUT2D eigenvalue weighted by Crippen LogP contribution is -2.02. The minimum atomic E-state index is -0.598. The Kier molecular flexibility index (Phi) is 4.10.